The average molecular weight is 349 g/mol. The van der Waals surface area contributed by atoms with Crippen LogP contribution in [-0.4, -0.2) is 46.6 Å². The Hall–Kier alpha value is -2.22. The summed E-state index contributed by atoms with van der Waals surface area (Å²) in [6, 6.07) is 6.28. The first-order valence-corrected chi connectivity index (χ1v) is 8.63. The van der Waals surface area contributed by atoms with E-state index < -0.39 is 12.1 Å². The Morgan fingerprint density at radius 2 is 1.88 bits per heavy atom. The maximum absolute atomic E-state index is 12.5. The summed E-state index contributed by atoms with van der Waals surface area (Å²) in [7, 11) is 1.29. The minimum Gasteiger partial charge on any atom is -0.453 e. The van der Waals surface area contributed by atoms with E-state index in [4.69, 9.17) is 0 Å². The molecule has 1 aromatic carbocycles. The number of carbonyl (C=O) groups is 3. The molecule has 24 heavy (non-hydrogen) atoms. The molecule has 1 aromatic rings. The fourth-order valence-corrected chi connectivity index (χ4v) is 4.48. The molecule has 8 heteroatoms. The lowest BCUT2D eigenvalue weighted by atomic mass is 10.2. The monoisotopic (exact) mass is 349 g/mol. The predicted octanol–water partition coefficient (Wildman–Crippen LogP) is 2.26. The average Bonchev–Trinajstić information content (AvgIpc) is 3.06. The molecule has 2 fully saturated rings. The molecule has 128 valence electrons. The summed E-state index contributed by atoms with van der Waals surface area (Å²) in [6.45, 7) is 2.02. The van der Waals surface area contributed by atoms with Crippen molar-refractivity contribution in [3.05, 3.63) is 24.3 Å². The number of benzene rings is 1. The van der Waals surface area contributed by atoms with Crippen LogP contribution in [0.3, 0.4) is 0 Å². The van der Waals surface area contributed by atoms with Gasteiger partial charge in [0.15, 0.2) is 0 Å². The number of hydrogen-bond acceptors (Lipinski definition) is 5. The lowest BCUT2D eigenvalue weighted by molar-refractivity contribution is -0.135. The Labute approximate surface area is 144 Å². The number of nitrogens with one attached hydrogen (secondary N) is 2. The van der Waals surface area contributed by atoms with Crippen LogP contribution in [0.1, 0.15) is 19.8 Å². The molecule has 0 radical (unpaired) electrons. The highest BCUT2D eigenvalue weighted by Gasteiger charge is 2.52. The van der Waals surface area contributed by atoms with Crippen LogP contribution in [0.5, 0.6) is 0 Å². The summed E-state index contributed by atoms with van der Waals surface area (Å²) >= 11 is 1.66. The van der Waals surface area contributed by atoms with Gasteiger partial charge >= 0.3 is 6.09 Å². The van der Waals surface area contributed by atoms with E-state index in [-0.39, 0.29) is 16.7 Å². The molecule has 3 rings (SSSR count). The molecule has 0 unspecified atom stereocenters. The quantitative estimate of drug-likeness (QED) is 0.874. The third-order valence-electron chi connectivity index (χ3n) is 4.33. The van der Waals surface area contributed by atoms with Crippen molar-refractivity contribution in [3.63, 3.8) is 0 Å². The van der Waals surface area contributed by atoms with Crippen LogP contribution >= 0.6 is 11.8 Å². The van der Waals surface area contributed by atoms with Crippen molar-refractivity contribution in [2.75, 3.05) is 23.5 Å². The molecule has 0 aromatic heterocycles. The van der Waals surface area contributed by atoms with E-state index >= 15 is 0 Å². The van der Waals surface area contributed by atoms with Gasteiger partial charge in [-0.25, -0.2) is 4.79 Å². The largest absolute Gasteiger partial charge is 0.453 e. The Balaban J connectivity index is 1.65. The van der Waals surface area contributed by atoms with Crippen LogP contribution in [0.2, 0.25) is 0 Å². The summed E-state index contributed by atoms with van der Waals surface area (Å²) in [5, 5.41) is 5.38. The SMILES string of the molecule is COC(=O)Nc1ccc(NC(=O)[C@H]2CS[C@@]3(C)CCC(=O)N23)cc1. The molecule has 2 heterocycles. The van der Waals surface area contributed by atoms with Gasteiger partial charge in [-0.3, -0.25) is 14.9 Å². The third-order valence-corrected chi connectivity index (χ3v) is 5.84. The minimum absolute atomic E-state index is 0.0419. The minimum atomic E-state index is -0.554. The van der Waals surface area contributed by atoms with Gasteiger partial charge in [-0.2, -0.15) is 0 Å². The second kappa shape index (κ2) is 6.35. The molecular formula is C16H19N3O4S. The number of carbonyl (C=O) groups excluding carboxylic acids is 3. The van der Waals surface area contributed by atoms with Crippen molar-refractivity contribution in [2.24, 2.45) is 0 Å². The molecule has 2 aliphatic heterocycles. The lowest BCUT2D eigenvalue weighted by Crippen LogP contribution is -2.48. The van der Waals surface area contributed by atoms with Crippen LogP contribution < -0.4 is 10.6 Å². The maximum atomic E-state index is 12.5. The first-order valence-electron chi connectivity index (χ1n) is 7.65. The van der Waals surface area contributed by atoms with Crippen LogP contribution in [0, 0.1) is 0 Å². The topological polar surface area (TPSA) is 87.7 Å². The molecule has 2 N–H and O–H groups in total. The fourth-order valence-electron chi connectivity index (χ4n) is 3.05. The highest BCUT2D eigenvalue weighted by Crippen LogP contribution is 2.47. The van der Waals surface area contributed by atoms with Crippen molar-refractivity contribution in [2.45, 2.75) is 30.7 Å². The van der Waals surface area contributed by atoms with E-state index in [0.29, 0.717) is 23.5 Å². The zero-order valence-electron chi connectivity index (χ0n) is 13.5. The number of hydrogen-bond donors (Lipinski definition) is 2. The molecule has 0 aliphatic carbocycles. The van der Waals surface area contributed by atoms with Crippen LogP contribution in [0.4, 0.5) is 16.2 Å². The fraction of sp³-hybridized carbons (Fsp3) is 0.438. The van der Waals surface area contributed by atoms with Crippen molar-refractivity contribution in [1.29, 1.82) is 0 Å². The van der Waals surface area contributed by atoms with Gasteiger partial charge in [0.05, 0.1) is 12.0 Å². The standard InChI is InChI=1S/C16H19N3O4S/c1-16-8-7-13(20)19(16)12(9-24-16)14(21)17-10-3-5-11(6-4-10)18-15(22)23-2/h3-6,12H,7-9H2,1-2H3,(H,17,21)(H,18,22)/t12-,16+/m1/s1. The van der Waals surface area contributed by atoms with Gasteiger partial charge < -0.3 is 15.0 Å². The van der Waals surface area contributed by atoms with Gasteiger partial charge in [0, 0.05) is 23.5 Å². The highest BCUT2D eigenvalue weighted by atomic mass is 32.2. The van der Waals surface area contributed by atoms with E-state index in [1.54, 1.807) is 40.9 Å². The first-order chi connectivity index (χ1) is 11.4. The third kappa shape index (κ3) is 3.06. The number of rotatable bonds is 3. The molecule has 0 bridgehead atoms. The summed E-state index contributed by atoms with van der Waals surface area (Å²) < 4.78 is 4.52. The van der Waals surface area contributed by atoms with Crippen LogP contribution in [0.15, 0.2) is 24.3 Å². The Bertz CT molecular complexity index is 678. The number of methoxy groups -OCH3 is 1. The number of anilines is 2. The van der Waals surface area contributed by atoms with Crippen LogP contribution in [-0.2, 0) is 14.3 Å². The molecule has 0 spiro atoms. The second-order valence-electron chi connectivity index (χ2n) is 5.95. The van der Waals surface area contributed by atoms with Gasteiger partial charge in [0.25, 0.3) is 0 Å². The highest BCUT2D eigenvalue weighted by molar-refractivity contribution is 8.01. The Morgan fingerprint density at radius 3 is 2.50 bits per heavy atom. The van der Waals surface area contributed by atoms with Gasteiger partial charge in [-0.1, -0.05) is 0 Å². The summed E-state index contributed by atoms with van der Waals surface area (Å²) in [5.74, 6) is 0.464. The number of nitrogens with zero attached hydrogens (tertiary/aromatic N) is 1. The number of amides is 3. The molecule has 2 atom stereocenters. The van der Waals surface area contributed by atoms with Crippen molar-refractivity contribution >= 4 is 41.0 Å². The summed E-state index contributed by atoms with van der Waals surface area (Å²) in [6.07, 6.45) is 0.733. The van der Waals surface area contributed by atoms with Gasteiger partial charge in [0.2, 0.25) is 11.8 Å². The van der Waals surface area contributed by atoms with Gasteiger partial charge in [-0.15, -0.1) is 11.8 Å². The van der Waals surface area contributed by atoms with Crippen molar-refractivity contribution < 1.29 is 19.1 Å². The molecular weight excluding hydrogens is 330 g/mol. The lowest BCUT2D eigenvalue weighted by Gasteiger charge is -2.29. The van der Waals surface area contributed by atoms with E-state index in [1.165, 1.54) is 7.11 Å². The number of ether oxygens (including phenoxy) is 1. The molecule has 3 amide bonds. The first kappa shape index (κ1) is 16.6. The predicted molar refractivity (Wildman–Crippen MR) is 91.8 cm³/mol. The normalized spacial score (nSPS) is 25.3. The summed E-state index contributed by atoms with van der Waals surface area (Å²) in [4.78, 5) is 37.2. The zero-order valence-corrected chi connectivity index (χ0v) is 14.3. The zero-order chi connectivity index (χ0) is 17.3. The number of fused-ring (bicyclic) bond motifs is 1. The van der Waals surface area contributed by atoms with Gasteiger partial charge in [0.1, 0.15) is 6.04 Å². The smallest absolute Gasteiger partial charge is 0.411 e. The van der Waals surface area contributed by atoms with E-state index in [2.05, 4.69) is 15.4 Å². The van der Waals surface area contributed by atoms with Crippen molar-refractivity contribution in [1.82, 2.24) is 4.90 Å². The van der Waals surface area contributed by atoms with E-state index in [1.807, 2.05) is 6.92 Å². The van der Waals surface area contributed by atoms with Crippen molar-refractivity contribution in [3.8, 4) is 0 Å². The van der Waals surface area contributed by atoms with E-state index in [9.17, 15) is 14.4 Å². The van der Waals surface area contributed by atoms with Crippen LogP contribution in [0.25, 0.3) is 0 Å². The molecule has 2 aliphatic rings. The number of thioether (sulfide) groups is 1. The second-order valence-corrected chi connectivity index (χ2v) is 7.45. The Morgan fingerprint density at radius 1 is 1.25 bits per heavy atom. The molecule has 0 saturated carbocycles. The molecule has 7 nitrogen and oxygen atoms in total. The Kier molecular flexibility index (Phi) is 4.40. The molecule has 2 saturated heterocycles. The summed E-state index contributed by atoms with van der Waals surface area (Å²) in [5.41, 5.74) is 1.18. The maximum Gasteiger partial charge on any atom is 0.411 e. The van der Waals surface area contributed by atoms with E-state index in [0.717, 1.165) is 6.42 Å². The van der Waals surface area contributed by atoms with Gasteiger partial charge in [-0.05, 0) is 37.6 Å².